The molecule has 1 heterocycles. The number of aryl methyl sites for hydroxylation is 1. The fourth-order valence-corrected chi connectivity index (χ4v) is 3.96. The number of nitrogens with zero attached hydrogens (tertiary/aromatic N) is 1. The van der Waals surface area contributed by atoms with Gasteiger partial charge in [-0.05, 0) is 30.2 Å². The highest BCUT2D eigenvalue weighted by Crippen LogP contribution is 2.24. The Morgan fingerprint density at radius 3 is 2.42 bits per heavy atom. The van der Waals surface area contributed by atoms with E-state index in [-0.39, 0.29) is 5.75 Å². The van der Waals surface area contributed by atoms with Gasteiger partial charge in [-0.3, -0.25) is 4.79 Å². The molecule has 0 bridgehead atoms. The lowest BCUT2D eigenvalue weighted by atomic mass is 10.0. The molecule has 0 saturated heterocycles. The van der Waals surface area contributed by atoms with Crippen LogP contribution >= 0.6 is 23.1 Å². The summed E-state index contributed by atoms with van der Waals surface area (Å²) in [5.74, 6) is 0.0392. The number of carboxylic acid groups (broad SMARTS) is 1. The number of thioether (sulfide) groups is 1. The molecule has 1 aromatic heterocycles. The second-order valence-electron chi connectivity index (χ2n) is 5.78. The van der Waals surface area contributed by atoms with E-state index in [1.54, 1.807) is 0 Å². The van der Waals surface area contributed by atoms with Crippen molar-refractivity contribution in [2.45, 2.75) is 17.7 Å². The van der Waals surface area contributed by atoms with Crippen molar-refractivity contribution in [3.8, 4) is 16.9 Å². The molecule has 0 radical (unpaired) electrons. The van der Waals surface area contributed by atoms with Crippen LogP contribution in [0.15, 0.2) is 58.3 Å². The molecule has 0 aliphatic heterocycles. The molecular formula is C20H19NO3S2. The third kappa shape index (κ3) is 5.34. The molecular weight excluding hydrogens is 366 g/mol. The van der Waals surface area contributed by atoms with Crippen molar-refractivity contribution >= 4 is 29.1 Å². The molecule has 0 saturated carbocycles. The van der Waals surface area contributed by atoms with E-state index in [4.69, 9.17) is 9.84 Å². The third-order valence-corrected chi connectivity index (χ3v) is 5.77. The van der Waals surface area contributed by atoms with Gasteiger partial charge in [0.15, 0.2) is 4.34 Å². The van der Waals surface area contributed by atoms with E-state index in [0.29, 0.717) is 13.0 Å². The zero-order valence-electron chi connectivity index (χ0n) is 14.3. The number of aromatic nitrogens is 1. The average molecular weight is 386 g/mol. The first-order valence-electron chi connectivity index (χ1n) is 8.19. The molecule has 134 valence electrons. The number of hydrogen-bond acceptors (Lipinski definition) is 5. The van der Waals surface area contributed by atoms with Crippen LogP contribution in [-0.2, 0) is 11.2 Å². The summed E-state index contributed by atoms with van der Waals surface area (Å²) >= 11 is 2.72. The smallest absolute Gasteiger partial charge is 0.313 e. The second kappa shape index (κ2) is 8.87. The van der Waals surface area contributed by atoms with Crippen molar-refractivity contribution in [2.75, 3.05) is 12.4 Å². The van der Waals surface area contributed by atoms with Crippen molar-refractivity contribution in [2.24, 2.45) is 0 Å². The molecule has 0 fully saturated rings. The van der Waals surface area contributed by atoms with Crippen LogP contribution in [0.3, 0.4) is 0 Å². The number of thiazole rings is 1. The second-order valence-corrected chi connectivity index (χ2v) is 7.86. The third-order valence-electron chi connectivity index (χ3n) is 3.72. The molecule has 4 nitrogen and oxygen atoms in total. The quantitative estimate of drug-likeness (QED) is 0.558. The Morgan fingerprint density at radius 1 is 1.12 bits per heavy atom. The summed E-state index contributed by atoms with van der Waals surface area (Å²) in [6.45, 7) is 2.62. The largest absolute Gasteiger partial charge is 0.493 e. The van der Waals surface area contributed by atoms with Gasteiger partial charge >= 0.3 is 5.97 Å². The van der Waals surface area contributed by atoms with Gasteiger partial charge in [0.1, 0.15) is 5.75 Å². The summed E-state index contributed by atoms with van der Waals surface area (Å²) in [5.41, 5.74) is 4.53. The Hall–Kier alpha value is -2.31. The van der Waals surface area contributed by atoms with Gasteiger partial charge in [0.05, 0.1) is 18.1 Å². The van der Waals surface area contributed by atoms with Crippen LogP contribution in [0.4, 0.5) is 0 Å². The number of aliphatic carboxylic acids is 1. The molecule has 0 spiro atoms. The van der Waals surface area contributed by atoms with Gasteiger partial charge in [-0.1, -0.05) is 53.7 Å². The van der Waals surface area contributed by atoms with Crippen molar-refractivity contribution in [1.29, 1.82) is 0 Å². The summed E-state index contributed by atoms with van der Waals surface area (Å²) in [4.78, 5) is 15.0. The maximum absolute atomic E-state index is 10.6. The molecule has 0 aliphatic carbocycles. The minimum absolute atomic E-state index is 0.0385. The predicted molar refractivity (Wildman–Crippen MR) is 106 cm³/mol. The minimum Gasteiger partial charge on any atom is -0.493 e. The molecule has 1 N–H and O–H groups in total. The van der Waals surface area contributed by atoms with Gasteiger partial charge in [0.2, 0.25) is 0 Å². The first-order chi connectivity index (χ1) is 12.6. The monoisotopic (exact) mass is 385 g/mol. The summed E-state index contributed by atoms with van der Waals surface area (Å²) in [7, 11) is 0. The number of hydrogen-bond donors (Lipinski definition) is 1. The molecule has 3 rings (SSSR count). The lowest BCUT2D eigenvalue weighted by Gasteiger charge is -2.07. The highest BCUT2D eigenvalue weighted by molar-refractivity contribution is 8.01. The Kier molecular flexibility index (Phi) is 6.30. The van der Waals surface area contributed by atoms with Gasteiger partial charge in [0, 0.05) is 11.8 Å². The van der Waals surface area contributed by atoms with E-state index < -0.39 is 5.97 Å². The topological polar surface area (TPSA) is 59.4 Å². The van der Waals surface area contributed by atoms with Crippen molar-refractivity contribution in [3.05, 3.63) is 65.2 Å². The summed E-state index contributed by atoms with van der Waals surface area (Å²) in [5, 5.41) is 10.6. The maximum Gasteiger partial charge on any atom is 0.313 e. The van der Waals surface area contributed by atoms with Crippen LogP contribution in [0.5, 0.6) is 5.75 Å². The van der Waals surface area contributed by atoms with E-state index in [1.165, 1.54) is 34.2 Å². The fourth-order valence-electron chi connectivity index (χ4n) is 2.36. The minimum atomic E-state index is -0.829. The highest BCUT2D eigenvalue weighted by atomic mass is 32.2. The predicted octanol–water partition coefficient (Wildman–Crippen LogP) is 4.92. The normalized spacial score (nSPS) is 10.7. The first-order valence-corrected chi connectivity index (χ1v) is 10.1. The number of carbonyl (C=O) groups is 1. The number of ether oxygens (including phenoxy) is 1. The zero-order valence-corrected chi connectivity index (χ0v) is 16.0. The van der Waals surface area contributed by atoms with Crippen LogP contribution in [0.25, 0.3) is 11.1 Å². The molecule has 0 amide bonds. The Labute approximate surface area is 160 Å². The SMILES string of the molecule is Cc1ccc(-c2ccc(OCCc3csc(SCC(=O)O)n3)cc2)cc1. The molecule has 6 heteroatoms. The number of benzene rings is 2. The molecule has 0 atom stereocenters. The van der Waals surface area contributed by atoms with E-state index in [9.17, 15) is 4.79 Å². The van der Waals surface area contributed by atoms with E-state index >= 15 is 0 Å². The molecule has 0 unspecified atom stereocenters. The Bertz CT molecular complexity index is 858. The van der Waals surface area contributed by atoms with Gasteiger partial charge in [0.25, 0.3) is 0 Å². The summed E-state index contributed by atoms with van der Waals surface area (Å²) in [6, 6.07) is 16.5. The standard InChI is InChI=1S/C20H19NO3S2/c1-14-2-4-15(5-3-14)16-6-8-18(9-7-16)24-11-10-17-12-25-20(21-17)26-13-19(22)23/h2-9,12H,10-11,13H2,1H3,(H,22,23). The lowest BCUT2D eigenvalue weighted by molar-refractivity contribution is -0.133. The summed E-state index contributed by atoms with van der Waals surface area (Å²) in [6.07, 6.45) is 0.698. The zero-order chi connectivity index (χ0) is 18.4. The van der Waals surface area contributed by atoms with Crippen molar-refractivity contribution in [3.63, 3.8) is 0 Å². The van der Waals surface area contributed by atoms with Gasteiger partial charge in [-0.15, -0.1) is 11.3 Å². The lowest BCUT2D eigenvalue weighted by Crippen LogP contribution is -2.01. The van der Waals surface area contributed by atoms with Gasteiger partial charge < -0.3 is 9.84 Å². The molecule has 26 heavy (non-hydrogen) atoms. The van der Waals surface area contributed by atoms with Crippen LogP contribution < -0.4 is 4.74 Å². The Morgan fingerprint density at radius 2 is 1.77 bits per heavy atom. The molecule has 0 aliphatic rings. The van der Waals surface area contributed by atoms with E-state index in [0.717, 1.165) is 21.3 Å². The number of carboxylic acids is 1. The van der Waals surface area contributed by atoms with Crippen LogP contribution in [0, 0.1) is 6.92 Å². The fraction of sp³-hybridized carbons (Fsp3) is 0.200. The first kappa shape index (κ1) is 18.5. The average Bonchev–Trinajstić information content (AvgIpc) is 3.09. The van der Waals surface area contributed by atoms with Gasteiger partial charge in [-0.2, -0.15) is 0 Å². The number of rotatable bonds is 8. The van der Waals surface area contributed by atoms with Crippen LogP contribution in [-0.4, -0.2) is 28.4 Å². The summed E-state index contributed by atoms with van der Waals surface area (Å²) < 4.78 is 6.57. The van der Waals surface area contributed by atoms with Gasteiger partial charge in [-0.25, -0.2) is 4.98 Å². The van der Waals surface area contributed by atoms with Crippen molar-refractivity contribution in [1.82, 2.24) is 4.98 Å². The maximum atomic E-state index is 10.6. The van der Waals surface area contributed by atoms with Crippen LogP contribution in [0.2, 0.25) is 0 Å². The highest BCUT2D eigenvalue weighted by Gasteiger charge is 2.06. The van der Waals surface area contributed by atoms with Crippen LogP contribution in [0.1, 0.15) is 11.3 Å². The van der Waals surface area contributed by atoms with Crippen molar-refractivity contribution < 1.29 is 14.6 Å². The Balaban J connectivity index is 1.49. The van der Waals surface area contributed by atoms with E-state index in [1.807, 2.05) is 17.5 Å². The molecule has 2 aromatic carbocycles. The van der Waals surface area contributed by atoms with E-state index in [2.05, 4.69) is 48.3 Å². The molecule has 3 aromatic rings.